The number of rotatable bonds is 8. The van der Waals surface area contributed by atoms with Gasteiger partial charge in [-0.25, -0.2) is 9.78 Å². The SMILES string of the molecule is COC(=O)c1cc(OC)c(OC)cc1NC(=O)CSc1nnc2c3ccccc3n(C(C)C)c2n1. The number of esters is 1. The number of carbonyl (C=O) groups excluding carboxylic acids is 2. The van der Waals surface area contributed by atoms with Gasteiger partial charge < -0.3 is 24.1 Å². The van der Waals surface area contributed by atoms with Crippen LogP contribution in [0.3, 0.4) is 0 Å². The van der Waals surface area contributed by atoms with Crippen molar-refractivity contribution in [1.82, 2.24) is 19.7 Å². The number of fused-ring (bicyclic) bond motifs is 3. The molecule has 4 rings (SSSR count). The van der Waals surface area contributed by atoms with Gasteiger partial charge in [0.2, 0.25) is 11.1 Å². The Balaban J connectivity index is 1.57. The maximum atomic E-state index is 12.7. The summed E-state index contributed by atoms with van der Waals surface area (Å²) < 4.78 is 17.5. The zero-order chi connectivity index (χ0) is 25.1. The third-order valence-electron chi connectivity index (χ3n) is 5.35. The first-order chi connectivity index (χ1) is 16.9. The minimum Gasteiger partial charge on any atom is -0.493 e. The highest BCUT2D eigenvalue weighted by atomic mass is 32.2. The third-order valence-corrected chi connectivity index (χ3v) is 6.19. The Kier molecular flexibility index (Phi) is 7.06. The summed E-state index contributed by atoms with van der Waals surface area (Å²) in [7, 11) is 4.18. The molecule has 0 aliphatic rings. The Morgan fingerprint density at radius 1 is 1.06 bits per heavy atom. The van der Waals surface area contributed by atoms with Crippen molar-refractivity contribution in [2.75, 3.05) is 32.4 Å². The third kappa shape index (κ3) is 4.72. The van der Waals surface area contributed by atoms with Crippen LogP contribution in [0.1, 0.15) is 30.2 Å². The van der Waals surface area contributed by atoms with Crippen LogP contribution in [-0.2, 0) is 9.53 Å². The highest BCUT2D eigenvalue weighted by molar-refractivity contribution is 7.99. The highest BCUT2D eigenvalue weighted by Crippen LogP contribution is 2.34. The Hall–Kier alpha value is -3.86. The topological polar surface area (TPSA) is 117 Å². The number of benzene rings is 2. The van der Waals surface area contributed by atoms with Crippen LogP contribution in [0.25, 0.3) is 22.1 Å². The second kappa shape index (κ2) is 10.2. The minimum atomic E-state index is -0.617. The lowest BCUT2D eigenvalue weighted by molar-refractivity contribution is -0.113. The normalized spacial score (nSPS) is 11.1. The van der Waals surface area contributed by atoms with Crippen molar-refractivity contribution < 1.29 is 23.8 Å². The van der Waals surface area contributed by atoms with E-state index in [-0.39, 0.29) is 29.0 Å². The Labute approximate surface area is 206 Å². The van der Waals surface area contributed by atoms with E-state index in [4.69, 9.17) is 14.2 Å². The first-order valence-corrected chi connectivity index (χ1v) is 11.8. The van der Waals surface area contributed by atoms with Crippen molar-refractivity contribution in [3.8, 4) is 11.5 Å². The Bertz CT molecular complexity index is 1420. The summed E-state index contributed by atoms with van der Waals surface area (Å²) in [6.45, 7) is 4.16. The van der Waals surface area contributed by atoms with E-state index in [9.17, 15) is 9.59 Å². The number of hydrogen-bond donors (Lipinski definition) is 1. The molecule has 0 saturated carbocycles. The molecule has 10 nitrogen and oxygen atoms in total. The number of thioether (sulfide) groups is 1. The van der Waals surface area contributed by atoms with E-state index in [0.29, 0.717) is 22.3 Å². The average molecular weight is 496 g/mol. The molecule has 0 aliphatic carbocycles. The molecule has 0 atom stereocenters. The molecule has 0 fully saturated rings. The van der Waals surface area contributed by atoms with Crippen LogP contribution in [0, 0.1) is 0 Å². The van der Waals surface area contributed by atoms with Crippen molar-refractivity contribution in [1.29, 1.82) is 0 Å². The van der Waals surface area contributed by atoms with Gasteiger partial charge in [0.05, 0.1) is 43.8 Å². The molecular formula is C24H25N5O5S. The fourth-order valence-corrected chi connectivity index (χ4v) is 4.39. The molecule has 4 aromatic rings. The fourth-order valence-electron chi connectivity index (χ4n) is 3.81. The predicted octanol–water partition coefficient (Wildman–Crippen LogP) is 4.10. The van der Waals surface area contributed by atoms with Crippen molar-refractivity contribution in [2.24, 2.45) is 0 Å². The lowest BCUT2D eigenvalue weighted by Gasteiger charge is -2.14. The summed E-state index contributed by atoms with van der Waals surface area (Å²) >= 11 is 1.15. The molecule has 0 aliphatic heterocycles. The monoisotopic (exact) mass is 495 g/mol. The van der Waals surface area contributed by atoms with Crippen LogP contribution >= 0.6 is 11.8 Å². The molecule has 2 aromatic heterocycles. The quantitative estimate of drug-likeness (QED) is 0.285. The number of ether oxygens (including phenoxy) is 3. The van der Waals surface area contributed by atoms with Gasteiger partial charge in [0.15, 0.2) is 17.1 Å². The number of hydrogen-bond acceptors (Lipinski definition) is 9. The lowest BCUT2D eigenvalue weighted by Crippen LogP contribution is -2.17. The van der Waals surface area contributed by atoms with E-state index < -0.39 is 5.97 Å². The van der Waals surface area contributed by atoms with Crippen molar-refractivity contribution in [3.63, 3.8) is 0 Å². The highest BCUT2D eigenvalue weighted by Gasteiger charge is 2.20. The van der Waals surface area contributed by atoms with Crippen LogP contribution < -0.4 is 14.8 Å². The molecule has 2 aromatic carbocycles. The van der Waals surface area contributed by atoms with Crippen LogP contribution in [-0.4, -0.2) is 58.7 Å². The zero-order valence-electron chi connectivity index (χ0n) is 20.0. The molecular weight excluding hydrogens is 470 g/mol. The minimum absolute atomic E-state index is 0.00402. The number of amides is 1. The summed E-state index contributed by atoms with van der Waals surface area (Å²) in [5, 5.41) is 12.7. The zero-order valence-corrected chi connectivity index (χ0v) is 20.8. The molecule has 0 saturated heterocycles. The van der Waals surface area contributed by atoms with Gasteiger partial charge in [-0.1, -0.05) is 30.0 Å². The molecule has 0 radical (unpaired) electrons. The molecule has 11 heteroatoms. The van der Waals surface area contributed by atoms with Gasteiger partial charge in [-0.3, -0.25) is 4.79 Å². The number of carbonyl (C=O) groups is 2. The van der Waals surface area contributed by atoms with E-state index in [1.807, 2.05) is 24.3 Å². The smallest absolute Gasteiger partial charge is 0.340 e. The number of methoxy groups -OCH3 is 3. The first kappa shape index (κ1) is 24.3. The molecule has 0 unspecified atom stereocenters. The van der Waals surface area contributed by atoms with Crippen LogP contribution in [0.4, 0.5) is 5.69 Å². The predicted molar refractivity (Wildman–Crippen MR) is 133 cm³/mol. The van der Waals surface area contributed by atoms with Gasteiger partial charge in [-0.15, -0.1) is 10.2 Å². The number of nitrogens with zero attached hydrogens (tertiary/aromatic N) is 4. The van der Waals surface area contributed by atoms with Gasteiger partial charge in [0, 0.05) is 23.6 Å². The van der Waals surface area contributed by atoms with E-state index in [1.165, 1.54) is 33.5 Å². The van der Waals surface area contributed by atoms with Crippen LogP contribution in [0.15, 0.2) is 41.6 Å². The Morgan fingerprint density at radius 2 is 1.77 bits per heavy atom. The molecule has 1 amide bonds. The molecule has 2 heterocycles. The molecule has 0 bridgehead atoms. The second-order valence-corrected chi connectivity index (χ2v) is 8.77. The standard InChI is InChI=1S/C24H25N5O5S/c1-13(2)29-17-9-7-6-8-14(17)21-22(29)26-24(28-27-21)35-12-20(30)25-16-11-19(33-4)18(32-3)10-15(16)23(31)34-5/h6-11,13H,12H2,1-5H3,(H,25,30). The lowest BCUT2D eigenvalue weighted by atomic mass is 10.1. The first-order valence-electron chi connectivity index (χ1n) is 10.8. The van der Waals surface area contributed by atoms with Gasteiger partial charge >= 0.3 is 5.97 Å². The molecule has 0 spiro atoms. The largest absolute Gasteiger partial charge is 0.493 e. The van der Waals surface area contributed by atoms with Gasteiger partial charge in [-0.2, -0.15) is 0 Å². The van der Waals surface area contributed by atoms with Crippen molar-refractivity contribution in [2.45, 2.75) is 25.0 Å². The summed E-state index contributed by atoms with van der Waals surface area (Å²) in [5.41, 5.74) is 2.85. The van der Waals surface area contributed by atoms with Crippen molar-refractivity contribution >= 4 is 51.4 Å². The van der Waals surface area contributed by atoms with Crippen LogP contribution in [0.5, 0.6) is 11.5 Å². The summed E-state index contributed by atoms with van der Waals surface area (Å²) in [4.78, 5) is 29.7. The maximum Gasteiger partial charge on any atom is 0.340 e. The molecule has 1 N–H and O–H groups in total. The van der Waals surface area contributed by atoms with E-state index in [2.05, 4.69) is 38.9 Å². The van der Waals surface area contributed by atoms with Gasteiger partial charge in [-0.05, 0) is 19.9 Å². The second-order valence-electron chi connectivity index (χ2n) is 7.83. The average Bonchev–Trinajstić information content (AvgIpc) is 3.20. The maximum absolute atomic E-state index is 12.7. The van der Waals surface area contributed by atoms with E-state index >= 15 is 0 Å². The van der Waals surface area contributed by atoms with Crippen LogP contribution in [0.2, 0.25) is 0 Å². The number of aromatic nitrogens is 4. The van der Waals surface area contributed by atoms with E-state index in [0.717, 1.165) is 28.2 Å². The number of para-hydroxylation sites is 1. The van der Waals surface area contributed by atoms with Crippen molar-refractivity contribution in [3.05, 3.63) is 42.0 Å². The van der Waals surface area contributed by atoms with Gasteiger partial charge in [0.1, 0.15) is 5.52 Å². The molecule has 182 valence electrons. The summed E-state index contributed by atoms with van der Waals surface area (Å²) in [5.74, 6) is -0.269. The van der Waals surface area contributed by atoms with Gasteiger partial charge in [0.25, 0.3) is 0 Å². The fraction of sp³-hybridized carbons (Fsp3) is 0.292. The summed E-state index contributed by atoms with van der Waals surface area (Å²) in [6, 6.07) is 11.1. The summed E-state index contributed by atoms with van der Waals surface area (Å²) in [6.07, 6.45) is 0. The molecule has 35 heavy (non-hydrogen) atoms. The Morgan fingerprint density at radius 3 is 2.46 bits per heavy atom. The van der Waals surface area contributed by atoms with E-state index in [1.54, 1.807) is 0 Å². The number of anilines is 1. The number of nitrogens with one attached hydrogen (secondary N) is 1.